The van der Waals surface area contributed by atoms with Gasteiger partial charge in [0.15, 0.2) is 17.1 Å². The SMILES string of the molecule is C=CC(=O)C(CS(=O)(=O)O)(C(=O)C=C)N(C)C. The molecular formula is C10H15NO5S. The Balaban J connectivity index is 5.91. The van der Waals surface area contributed by atoms with Crippen molar-refractivity contribution in [3.8, 4) is 0 Å². The van der Waals surface area contributed by atoms with Crippen LogP contribution in [0.4, 0.5) is 0 Å². The maximum absolute atomic E-state index is 11.7. The molecule has 0 saturated carbocycles. The van der Waals surface area contributed by atoms with Crippen molar-refractivity contribution in [1.29, 1.82) is 0 Å². The van der Waals surface area contributed by atoms with Crippen LogP contribution in [0.25, 0.3) is 0 Å². The zero-order valence-electron chi connectivity index (χ0n) is 9.71. The van der Waals surface area contributed by atoms with E-state index in [0.717, 1.165) is 17.1 Å². The molecule has 0 rings (SSSR count). The predicted molar refractivity (Wildman–Crippen MR) is 63.2 cm³/mol. The standard InChI is InChI=1S/C10H15NO5S/c1-5-8(12)10(11(3)4,9(13)6-2)7-17(14,15)16/h5-6H,1-2,7H2,3-4H3,(H,14,15,16). The van der Waals surface area contributed by atoms with Gasteiger partial charge in [0.2, 0.25) is 0 Å². The summed E-state index contributed by atoms with van der Waals surface area (Å²) >= 11 is 0. The van der Waals surface area contributed by atoms with E-state index in [-0.39, 0.29) is 0 Å². The first-order chi connectivity index (χ1) is 7.61. The quantitative estimate of drug-likeness (QED) is 0.384. The summed E-state index contributed by atoms with van der Waals surface area (Å²) in [5.74, 6) is -2.67. The molecule has 17 heavy (non-hydrogen) atoms. The summed E-state index contributed by atoms with van der Waals surface area (Å²) < 4.78 is 30.8. The number of likely N-dealkylation sites (N-methyl/N-ethyl adjacent to an activating group) is 1. The number of nitrogens with zero attached hydrogens (tertiary/aromatic N) is 1. The van der Waals surface area contributed by atoms with Gasteiger partial charge >= 0.3 is 0 Å². The minimum atomic E-state index is -4.52. The van der Waals surface area contributed by atoms with Crippen molar-refractivity contribution in [2.24, 2.45) is 0 Å². The molecule has 0 aliphatic carbocycles. The Hall–Kier alpha value is -1.31. The van der Waals surface area contributed by atoms with E-state index in [2.05, 4.69) is 13.2 Å². The predicted octanol–water partition coefficient (Wildman–Crippen LogP) is -0.315. The van der Waals surface area contributed by atoms with Crippen molar-refractivity contribution in [1.82, 2.24) is 4.90 Å². The molecule has 0 aromatic heterocycles. The van der Waals surface area contributed by atoms with Crippen molar-refractivity contribution in [2.45, 2.75) is 5.54 Å². The van der Waals surface area contributed by atoms with E-state index in [1.165, 1.54) is 14.1 Å². The van der Waals surface area contributed by atoms with Gasteiger partial charge in [0, 0.05) is 0 Å². The summed E-state index contributed by atoms with van der Waals surface area (Å²) in [4.78, 5) is 24.6. The Morgan fingerprint density at radius 1 is 1.24 bits per heavy atom. The van der Waals surface area contributed by atoms with Crippen LogP contribution in [0.3, 0.4) is 0 Å². The molecule has 96 valence electrons. The van der Waals surface area contributed by atoms with Crippen molar-refractivity contribution in [2.75, 3.05) is 19.8 Å². The summed E-state index contributed by atoms with van der Waals surface area (Å²) in [5.41, 5.74) is -2.02. The molecule has 7 heteroatoms. The molecular weight excluding hydrogens is 246 g/mol. The van der Waals surface area contributed by atoms with Gasteiger partial charge in [0.25, 0.3) is 10.1 Å². The molecule has 0 atom stereocenters. The lowest BCUT2D eigenvalue weighted by Gasteiger charge is -2.34. The van der Waals surface area contributed by atoms with Gasteiger partial charge in [-0.25, -0.2) is 0 Å². The normalized spacial score (nSPS) is 12.2. The van der Waals surface area contributed by atoms with E-state index in [1.54, 1.807) is 0 Å². The van der Waals surface area contributed by atoms with E-state index in [1.807, 2.05) is 0 Å². The fourth-order valence-corrected chi connectivity index (χ4v) is 2.51. The van der Waals surface area contributed by atoms with Crippen LogP contribution in [0, 0.1) is 0 Å². The van der Waals surface area contributed by atoms with Gasteiger partial charge < -0.3 is 0 Å². The number of carbonyl (C=O) groups excluding carboxylic acids is 2. The molecule has 0 aliphatic heterocycles. The average molecular weight is 261 g/mol. The van der Waals surface area contributed by atoms with Gasteiger partial charge in [-0.1, -0.05) is 13.2 Å². The van der Waals surface area contributed by atoms with Crippen LogP contribution in [-0.4, -0.2) is 54.8 Å². The van der Waals surface area contributed by atoms with Crippen molar-refractivity contribution in [3.05, 3.63) is 25.3 Å². The molecule has 0 aromatic carbocycles. The zero-order valence-corrected chi connectivity index (χ0v) is 10.5. The van der Waals surface area contributed by atoms with E-state index in [0.29, 0.717) is 0 Å². The van der Waals surface area contributed by atoms with Crippen molar-refractivity contribution >= 4 is 21.7 Å². The molecule has 0 fully saturated rings. The molecule has 0 aliphatic rings. The average Bonchev–Trinajstić information content (AvgIpc) is 2.21. The highest BCUT2D eigenvalue weighted by Gasteiger charge is 2.48. The van der Waals surface area contributed by atoms with Gasteiger partial charge in [-0.2, -0.15) is 8.42 Å². The fraction of sp³-hybridized carbons (Fsp3) is 0.400. The third-order valence-electron chi connectivity index (χ3n) is 2.34. The number of rotatable bonds is 7. The largest absolute Gasteiger partial charge is 0.292 e. The molecule has 0 saturated heterocycles. The molecule has 0 amide bonds. The molecule has 6 nitrogen and oxygen atoms in total. The van der Waals surface area contributed by atoms with Crippen LogP contribution in [0.15, 0.2) is 25.3 Å². The van der Waals surface area contributed by atoms with E-state index in [9.17, 15) is 18.0 Å². The Kier molecular flexibility index (Phi) is 4.94. The highest BCUT2D eigenvalue weighted by molar-refractivity contribution is 7.85. The smallest absolute Gasteiger partial charge is 0.267 e. The first kappa shape index (κ1) is 15.7. The lowest BCUT2D eigenvalue weighted by molar-refractivity contribution is -0.134. The van der Waals surface area contributed by atoms with E-state index >= 15 is 0 Å². The Morgan fingerprint density at radius 3 is 1.76 bits per heavy atom. The van der Waals surface area contributed by atoms with Crippen LogP contribution < -0.4 is 0 Å². The number of ketones is 2. The third kappa shape index (κ3) is 3.32. The van der Waals surface area contributed by atoms with E-state index in [4.69, 9.17) is 4.55 Å². The molecule has 0 bridgehead atoms. The molecule has 0 aromatic rings. The van der Waals surface area contributed by atoms with Crippen LogP contribution in [-0.2, 0) is 19.7 Å². The first-order valence-electron chi connectivity index (χ1n) is 4.58. The number of hydrogen-bond donors (Lipinski definition) is 1. The fourth-order valence-electron chi connectivity index (χ4n) is 1.44. The number of carbonyl (C=O) groups is 2. The van der Waals surface area contributed by atoms with Gasteiger partial charge in [-0.15, -0.1) is 0 Å². The maximum atomic E-state index is 11.7. The molecule has 0 unspecified atom stereocenters. The van der Waals surface area contributed by atoms with Crippen molar-refractivity contribution in [3.63, 3.8) is 0 Å². The monoisotopic (exact) mass is 261 g/mol. The van der Waals surface area contributed by atoms with Gasteiger partial charge in [0.05, 0.1) is 0 Å². The Labute approximate surface area is 100 Å². The maximum Gasteiger partial charge on any atom is 0.267 e. The van der Waals surface area contributed by atoms with Gasteiger partial charge in [-0.3, -0.25) is 19.0 Å². The Bertz CT molecular complexity index is 429. The third-order valence-corrected chi connectivity index (χ3v) is 3.12. The second-order valence-electron chi connectivity index (χ2n) is 3.62. The highest BCUT2D eigenvalue weighted by atomic mass is 32.2. The molecule has 1 N–H and O–H groups in total. The van der Waals surface area contributed by atoms with Gasteiger partial charge in [0.1, 0.15) is 5.75 Å². The number of hydrogen-bond acceptors (Lipinski definition) is 5. The summed E-state index contributed by atoms with van der Waals surface area (Å²) in [6.07, 6.45) is 1.68. The molecule has 0 spiro atoms. The molecule has 0 radical (unpaired) electrons. The second-order valence-corrected chi connectivity index (χ2v) is 5.07. The first-order valence-corrected chi connectivity index (χ1v) is 6.19. The summed E-state index contributed by atoms with van der Waals surface area (Å²) in [6.45, 7) is 6.43. The molecule has 0 heterocycles. The topological polar surface area (TPSA) is 91.7 Å². The van der Waals surface area contributed by atoms with E-state index < -0.39 is 33.0 Å². The van der Waals surface area contributed by atoms with Crippen LogP contribution in [0.2, 0.25) is 0 Å². The Morgan fingerprint density at radius 2 is 1.59 bits per heavy atom. The van der Waals surface area contributed by atoms with Crippen LogP contribution in [0.1, 0.15) is 0 Å². The lowest BCUT2D eigenvalue weighted by atomic mass is 9.89. The lowest BCUT2D eigenvalue weighted by Crippen LogP contribution is -2.60. The summed E-state index contributed by atoms with van der Waals surface area (Å²) in [7, 11) is -1.81. The minimum Gasteiger partial charge on any atom is -0.292 e. The summed E-state index contributed by atoms with van der Waals surface area (Å²) in [6, 6.07) is 0. The van der Waals surface area contributed by atoms with Crippen LogP contribution in [0.5, 0.6) is 0 Å². The van der Waals surface area contributed by atoms with Crippen molar-refractivity contribution < 1.29 is 22.6 Å². The van der Waals surface area contributed by atoms with Gasteiger partial charge in [-0.05, 0) is 26.2 Å². The minimum absolute atomic E-state index is 0.815. The van der Waals surface area contributed by atoms with Crippen LogP contribution >= 0.6 is 0 Å². The summed E-state index contributed by atoms with van der Waals surface area (Å²) in [5, 5.41) is 0. The highest BCUT2D eigenvalue weighted by Crippen LogP contribution is 2.19. The zero-order chi connectivity index (χ0) is 13.9. The second kappa shape index (κ2) is 5.35.